The van der Waals surface area contributed by atoms with Gasteiger partial charge in [0.15, 0.2) is 0 Å². The van der Waals surface area contributed by atoms with Crippen LogP contribution in [0.3, 0.4) is 0 Å². The molecule has 0 saturated carbocycles. The molecule has 1 amide bonds. The Morgan fingerprint density at radius 3 is 2.40 bits per heavy atom. The van der Waals surface area contributed by atoms with Gasteiger partial charge >= 0.3 is 0 Å². The number of sulfonamides is 1. The summed E-state index contributed by atoms with van der Waals surface area (Å²) in [5, 5.41) is 13.4. The second kappa shape index (κ2) is 7.22. The number of aromatic carboxylic acids is 1. The van der Waals surface area contributed by atoms with Crippen molar-refractivity contribution in [1.29, 1.82) is 0 Å². The maximum atomic E-state index is 12.4. The smallest absolute Gasteiger partial charge is 0.257 e. The fraction of sp³-hybridized carbons (Fsp3) is 0.125. The van der Waals surface area contributed by atoms with Crippen molar-refractivity contribution in [1.82, 2.24) is 4.31 Å². The molecule has 1 N–H and O–H groups in total. The van der Waals surface area contributed by atoms with E-state index in [2.05, 4.69) is 5.32 Å². The van der Waals surface area contributed by atoms with E-state index in [0.717, 1.165) is 10.4 Å². The number of benzene rings is 2. The number of anilines is 1. The maximum absolute atomic E-state index is 12.4. The summed E-state index contributed by atoms with van der Waals surface area (Å²) in [6, 6.07) is 9.24. The van der Waals surface area contributed by atoms with Gasteiger partial charge < -0.3 is 15.2 Å². The van der Waals surface area contributed by atoms with Crippen molar-refractivity contribution in [3.8, 4) is 0 Å². The fourth-order valence-electron chi connectivity index (χ4n) is 1.97. The van der Waals surface area contributed by atoms with Gasteiger partial charge in [0.1, 0.15) is 0 Å². The summed E-state index contributed by atoms with van der Waals surface area (Å²) in [5.74, 6) is -2.05. The summed E-state index contributed by atoms with van der Waals surface area (Å²) in [7, 11) is -0.991. The Labute approximate surface area is 149 Å². The van der Waals surface area contributed by atoms with Gasteiger partial charge in [-0.1, -0.05) is 23.7 Å². The van der Waals surface area contributed by atoms with Crippen molar-refractivity contribution >= 4 is 39.2 Å². The second-order valence-electron chi connectivity index (χ2n) is 5.25. The van der Waals surface area contributed by atoms with Crippen LogP contribution < -0.4 is 10.4 Å². The summed E-state index contributed by atoms with van der Waals surface area (Å²) in [6.45, 7) is 0. The van der Waals surface area contributed by atoms with Gasteiger partial charge in [0.05, 0.1) is 21.5 Å². The van der Waals surface area contributed by atoms with Crippen molar-refractivity contribution in [3.63, 3.8) is 0 Å². The molecule has 0 unspecified atom stereocenters. The molecule has 7 nitrogen and oxygen atoms in total. The molecule has 25 heavy (non-hydrogen) atoms. The average molecular weight is 382 g/mol. The quantitative estimate of drug-likeness (QED) is 0.837. The minimum Gasteiger partial charge on any atom is -0.545 e. The lowest BCUT2D eigenvalue weighted by atomic mass is 10.1. The second-order valence-corrected chi connectivity index (χ2v) is 7.81. The highest BCUT2D eigenvalue weighted by atomic mass is 35.5. The van der Waals surface area contributed by atoms with Gasteiger partial charge in [0.2, 0.25) is 10.0 Å². The Balaban J connectivity index is 2.37. The molecule has 9 heteroatoms. The number of carbonyl (C=O) groups is 2. The van der Waals surface area contributed by atoms with Crippen molar-refractivity contribution in [3.05, 3.63) is 58.6 Å². The van der Waals surface area contributed by atoms with Crippen molar-refractivity contribution in [2.24, 2.45) is 0 Å². The van der Waals surface area contributed by atoms with Crippen LogP contribution in [0.2, 0.25) is 5.02 Å². The molecule has 0 fully saturated rings. The third-order valence-electron chi connectivity index (χ3n) is 3.32. The van der Waals surface area contributed by atoms with E-state index < -0.39 is 21.9 Å². The van der Waals surface area contributed by atoms with E-state index in [1.54, 1.807) is 0 Å². The van der Waals surface area contributed by atoms with E-state index in [0.29, 0.717) is 0 Å². The number of nitrogens with one attached hydrogen (secondary N) is 1. The van der Waals surface area contributed by atoms with E-state index in [9.17, 15) is 23.1 Å². The van der Waals surface area contributed by atoms with Crippen LogP contribution >= 0.6 is 11.6 Å². The minimum atomic E-state index is -3.73. The standard InChI is InChI=1S/C16H15ClN2O5S/c1-19(2)25(23,24)12-6-7-14(17)13(9-12)15(20)18-11-5-3-4-10(8-11)16(21)22/h3-9H,1-2H3,(H,18,20)(H,21,22)/p-1. The highest BCUT2D eigenvalue weighted by Crippen LogP contribution is 2.23. The van der Waals surface area contributed by atoms with Gasteiger partial charge in [0, 0.05) is 19.8 Å². The van der Waals surface area contributed by atoms with E-state index in [1.165, 1.54) is 50.5 Å². The normalized spacial score (nSPS) is 11.4. The van der Waals surface area contributed by atoms with E-state index in [-0.39, 0.29) is 26.7 Å². The Kier molecular flexibility index (Phi) is 5.46. The molecule has 2 aromatic rings. The Morgan fingerprint density at radius 1 is 1.12 bits per heavy atom. The summed E-state index contributed by atoms with van der Waals surface area (Å²) < 4.78 is 25.4. The molecule has 0 radical (unpaired) electrons. The predicted octanol–water partition coefficient (Wildman–Crippen LogP) is 1.21. The predicted molar refractivity (Wildman–Crippen MR) is 91.1 cm³/mol. The molecule has 0 saturated heterocycles. The van der Waals surface area contributed by atoms with Crippen molar-refractivity contribution in [2.45, 2.75) is 4.90 Å². The van der Waals surface area contributed by atoms with Gasteiger partial charge in [0.25, 0.3) is 5.91 Å². The molecule has 0 atom stereocenters. The highest BCUT2D eigenvalue weighted by Gasteiger charge is 2.20. The number of hydrogen-bond donors (Lipinski definition) is 1. The SMILES string of the molecule is CN(C)S(=O)(=O)c1ccc(Cl)c(C(=O)Nc2cccc(C(=O)[O-])c2)c1. The molecule has 0 aliphatic rings. The first-order chi connectivity index (χ1) is 11.6. The Hall–Kier alpha value is -2.42. The van der Waals surface area contributed by atoms with Gasteiger partial charge in [-0.15, -0.1) is 0 Å². The summed E-state index contributed by atoms with van der Waals surface area (Å²) in [5.41, 5.74) is 0.0555. The number of carboxylic acid groups (broad SMARTS) is 1. The highest BCUT2D eigenvalue weighted by molar-refractivity contribution is 7.89. The van der Waals surface area contributed by atoms with Crippen LogP contribution in [0.4, 0.5) is 5.69 Å². The van der Waals surface area contributed by atoms with E-state index >= 15 is 0 Å². The lowest BCUT2D eigenvalue weighted by molar-refractivity contribution is -0.255. The molecule has 0 heterocycles. The lowest BCUT2D eigenvalue weighted by Crippen LogP contribution is -2.23. The van der Waals surface area contributed by atoms with Crippen LogP contribution in [0, 0.1) is 0 Å². The third-order valence-corrected chi connectivity index (χ3v) is 5.46. The Bertz CT molecular complexity index is 941. The van der Waals surface area contributed by atoms with Crippen molar-refractivity contribution in [2.75, 3.05) is 19.4 Å². The molecule has 0 aromatic heterocycles. The number of halogens is 1. The average Bonchev–Trinajstić information content (AvgIpc) is 2.55. The topological polar surface area (TPSA) is 107 Å². The van der Waals surface area contributed by atoms with Gasteiger partial charge in [-0.25, -0.2) is 12.7 Å². The number of amides is 1. The number of nitrogens with zero attached hydrogens (tertiary/aromatic N) is 1. The first-order valence-corrected chi connectivity index (χ1v) is 8.79. The van der Waals surface area contributed by atoms with Crippen LogP contribution in [0.5, 0.6) is 0 Å². The zero-order chi connectivity index (χ0) is 18.8. The zero-order valence-corrected chi connectivity index (χ0v) is 14.9. The van der Waals surface area contributed by atoms with Crippen LogP contribution in [0.1, 0.15) is 20.7 Å². The molecule has 0 aliphatic carbocycles. The van der Waals surface area contributed by atoms with Crippen molar-refractivity contribution < 1.29 is 23.1 Å². The zero-order valence-electron chi connectivity index (χ0n) is 13.3. The summed E-state index contributed by atoms with van der Waals surface area (Å²) in [4.78, 5) is 23.2. The van der Waals surface area contributed by atoms with Crippen LogP contribution in [0.25, 0.3) is 0 Å². The molecular formula is C16H14ClN2O5S-. The molecule has 2 rings (SSSR count). The fourth-order valence-corrected chi connectivity index (χ4v) is 3.10. The number of carbonyl (C=O) groups excluding carboxylic acids is 2. The first-order valence-electron chi connectivity index (χ1n) is 6.98. The summed E-state index contributed by atoms with van der Waals surface area (Å²) >= 11 is 6.00. The van der Waals surface area contributed by atoms with E-state index in [1.807, 2.05) is 0 Å². The van der Waals surface area contributed by atoms with Crippen LogP contribution in [-0.4, -0.2) is 38.7 Å². The number of hydrogen-bond acceptors (Lipinski definition) is 5. The Morgan fingerprint density at radius 2 is 1.80 bits per heavy atom. The largest absolute Gasteiger partial charge is 0.545 e. The van der Waals surface area contributed by atoms with Gasteiger partial charge in [-0.3, -0.25) is 4.79 Å². The van der Waals surface area contributed by atoms with E-state index in [4.69, 9.17) is 11.6 Å². The molecule has 2 aromatic carbocycles. The molecule has 0 aliphatic heterocycles. The maximum Gasteiger partial charge on any atom is 0.257 e. The summed E-state index contributed by atoms with van der Waals surface area (Å²) in [6.07, 6.45) is 0. The molecule has 132 valence electrons. The van der Waals surface area contributed by atoms with Gasteiger partial charge in [-0.2, -0.15) is 0 Å². The monoisotopic (exact) mass is 381 g/mol. The van der Waals surface area contributed by atoms with Crippen LogP contribution in [-0.2, 0) is 10.0 Å². The minimum absolute atomic E-state index is 0.0524. The lowest BCUT2D eigenvalue weighted by Gasteiger charge is -2.13. The number of carboxylic acids is 1. The molecule has 0 bridgehead atoms. The molecular weight excluding hydrogens is 368 g/mol. The number of rotatable bonds is 5. The van der Waals surface area contributed by atoms with Crippen LogP contribution in [0.15, 0.2) is 47.4 Å². The third kappa shape index (κ3) is 4.16. The molecule has 0 spiro atoms. The van der Waals surface area contributed by atoms with Gasteiger partial charge in [-0.05, 0) is 35.9 Å². The first kappa shape index (κ1) is 18.9.